The molecule has 1 aromatic carbocycles. The number of urea groups is 1. The average Bonchev–Trinajstić information content (AvgIpc) is 2.33. The molecule has 1 rings (SSSR count). The van der Waals surface area contributed by atoms with Gasteiger partial charge in [-0.2, -0.15) is 0 Å². The van der Waals surface area contributed by atoms with Crippen LogP contribution >= 0.6 is 15.9 Å². The maximum absolute atomic E-state index is 12.0. The number of carboxylic acid groups (broad SMARTS) is 1. The minimum Gasteiger partial charge on any atom is -0.481 e. The lowest BCUT2D eigenvalue weighted by Gasteiger charge is -2.26. The summed E-state index contributed by atoms with van der Waals surface area (Å²) in [5, 5.41) is 14.3. The zero-order valence-corrected chi connectivity index (χ0v) is 14.3. The number of anilines is 1. The van der Waals surface area contributed by atoms with Gasteiger partial charge < -0.3 is 15.7 Å². The molecule has 0 aromatic heterocycles. The molecule has 0 atom stereocenters. The molecule has 3 N–H and O–H groups in total. The fraction of sp³-hybridized carbons (Fsp3) is 0.467. The van der Waals surface area contributed by atoms with Crippen LogP contribution in [-0.4, -0.2) is 22.6 Å². The maximum atomic E-state index is 12.0. The van der Waals surface area contributed by atoms with E-state index < -0.39 is 11.5 Å². The van der Waals surface area contributed by atoms with Gasteiger partial charge in [-0.05, 0) is 51.3 Å². The third-order valence-electron chi connectivity index (χ3n) is 3.17. The van der Waals surface area contributed by atoms with Crippen LogP contribution in [0.4, 0.5) is 10.5 Å². The summed E-state index contributed by atoms with van der Waals surface area (Å²) in [4.78, 5) is 22.6. The van der Waals surface area contributed by atoms with Gasteiger partial charge in [0.25, 0.3) is 0 Å². The topological polar surface area (TPSA) is 78.4 Å². The van der Waals surface area contributed by atoms with Gasteiger partial charge in [0, 0.05) is 22.1 Å². The zero-order chi connectivity index (χ0) is 16.2. The molecular formula is C15H21BrN2O3. The number of rotatable bonds is 5. The van der Waals surface area contributed by atoms with E-state index >= 15 is 0 Å². The van der Waals surface area contributed by atoms with Gasteiger partial charge in [-0.15, -0.1) is 0 Å². The van der Waals surface area contributed by atoms with Crippen molar-refractivity contribution in [2.45, 2.75) is 46.1 Å². The van der Waals surface area contributed by atoms with Crippen molar-refractivity contribution < 1.29 is 14.7 Å². The molecule has 0 spiro atoms. The lowest BCUT2D eigenvalue weighted by atomic mass is 9.99. The molecule has 2 amide bonds. The second kappa shape index (κ2) is 6.93. The molecule has 0 aliphatic heterocycles. The van der Waals surface area contributed by atoms with Crippen molar-refractivity contribution in [2.24, 2.45) is 0 Å². The Balaban J connectivity index is 2.69. The molecule has 0 aliphatic rings. The fourth-order valence-electron chi connectivity index (χ4n) is 1.90. The van der Waals surface area contributed by atoms with E-state index in [-0.39, 0.29) is 12.5 Å². The standard InChI is InChI=1S/C15H21BrN2O3/c1-9-7-10(2)12(8-11(9)16)17-14(21)18-15(3,4)6-5-13(19)20/h7-8H,5-6H2,1-4H3,(H,19,20)(H2,17,18,21). The maximum Gasteiger partial charge on any atom is 0.319 e. The van der Waals surface area contributed by atoms with Gasteiger partial charge in [0.1, 0.15) is 0 Å². The molecular weight excluding hydrogens is 336 g/mol. The molecule has 0 radical (unpaired) electrons. The van der Waals surface area contributed by atoms with Gasteiger partial charge in [-0.3, -0.25) is 4.79 Å². The minimum atomic E-state index is -0.872. The summed E-state index contributed by atoms with van der Waals surface area (Å²) in [6, 6.07) is 3.49. The first-order chi connectivity index (χ1) is 9.60. The van der Waals surface area contributed by atoms with E-state index in [2.05, 4.69) is 26.6 Å². The summed E-state index contributed by atoms with van der Waals surface area (Å²) in [6.45, 7) is 7.50. The van der Waals surface area contributed by atoms with E-state index in [1.807, 2.05) is 26.0 Å². The number of hydrogen-bond donors (Lipinski definition) is 3. The van der Waals surface area contributed by atoms with Gasteiger partial charge >= 0.3 is 12.0 Å². The highest BCUT2D eigenvalue weighted by Gasteiger charge is 2.21. The number of aliphatic carboxylic acids is 1. The first-order valence-corrected chi connectivity index (χ1v) is 7.48. The van der Waals surface area contributed by atoms with Gasteiger partial charge in [0.2, 0.25) is 0 Å². The highest BCUT2D eigenvalue weighted by molar-refractivity contribution is 9.10. The quantitative estimate of drug-likeness (QED) is 0.749. The molecule has 116 valence electrons. The Kier molecular flexibility index (Phi) is 5.78. The lowest BCUT2D eigenvalue weighted by molar-refractivity contribution is -0.137. The number of nitrogens with one attached hydrogen (secondary N) is 2. The smallest absolute Gasteiger partial charge is 0.319 e. The summed E-state index contributed by atoms with van der Waals surface area (Å²) in [5.74, 6) is -0.872. The van der Waals surface area contributed by atoms with Crippen LogP contribution in [0.15, 0.2) is 16.6 Å². The summed E-state index contributed by atoms with van der Waals surface area (Å²) < 4.78 is 0.925. The molecule has 6 heteroatoms. The molecule has 0 saturated heterocycles. The Morgan fingerprint density at radius 3 is 2.43 bits per heavy atom. The molecule has 0 fully saturated rings. The van der Waals surface area contributed by atoms with Crippen LogP contribution in [0, 0.1) is 13.8 Å². The predicted molar refractivity (Wildman–Crippen MR) is 86.7 cm³/mol. The van der Waals surface area contributed by atoms with Crippen LogP contribution in [0.5, 0.6) is 0 Å². The number of amides is 2. The van der Waals surface area contributed by atoms with E-state index in [0.29, 0.717) is 6.42 Å². The average molecular weight is 357 g/mol. The largest absolute Gasteiger partial charge is 0.481 e. The monoisotopic (exact) mass is 356 g/mol. The van der Waals surface area contributed by atoms with Gasteiger partial charge in [-0.25, -0.2) is 4.79 Å². The van der Waals surface area contributed by atoms with Gasteiger partial charge in [0.05, 0.1) is 0 Å². The summed E-state index contributed by atoms with van der Waals surface area (Å²) in [5.41, 5.74) is 2.20. The van der Waals surface area contributed by atoms with Gasteiger partial charge in [0.15, 0.2) is 0 Å². The Morgan fingerprint density at radius 2 is 1.86 bits per heavy atom. The molecule has 0 heterocycles. The highest BCUT2D eigenvalue weighted by Crippen LogP contribution is 2.25. The van der Waals surface area contributed by atoms with Crippen molar-refractivity contribution in [3.8, 4) is 0 Å². The first kappa shape index (κ1) is 17.5. The highest BCUT2D eigenvalue weighted by atomic mass is 79.9. The van der Waals surface area contributed by atoms with Crippen LogP contribution < -0.4 is 10.6 Å². The molecule has 1 aromatic rings. The van der Waals surface area contributed by atoms with E-state index in [1.54, 1.807) is 13.8 Å². The first-order valence-electron chi connectivity index (χ1n) is 6.68. The third kappa shape index (κ3) is 5.75. The lowest BCUT2D eigenvalue weighted by Crippen LogP contribution is -2.45. The molecule has 21 heavy (non-hydrogen) atoms. The normalized spacial score (nSPS) is 11.1. The molecule has 0 aliphatic carbocycles. The summed E-state index contributed by atoms with van der Waals surface area (Å²) in [6.07, 6.45) is 0.384. The second-order valence-corrected chi connectivity index (χ2v) is 6.63. The number of carbonyl (C=O) groups excluding carboxylic acids is 1. The van der Waals surface area contributed by atoms with Crippen molar-refractivity contribution in [1.29, 1.82) is 0 Å². The number of aryl methyl sites for hydroxylation is 2. The Morgan fingerprint density at radius 1 is 1.24 bits per heavy atom. The number of hydrogen-bond acceptors (Lipinski definition) is 2. The van der Waals surface area contributed by atoms with Crippen molar-refractivity contribution in [1.82, 2.24) is 5.32 Å². The van der Waals surface area contributed by atoms with Crippen molar-refractivity contribution in [3.63, 3.8) is 0 Å². The minimum absolute atomic E-state index is 0.0163. The molecule has 0 bridgehead atoms. The van der Waals surface area contributed by atoms with Gasteiger partial charge in [-0.1, -0.05) is 22.0 Å². The summed E-state index contributed by atoms with van der Waals surface area (Å²) in [7, 11) is 0. The van der Waals surface area contributed by atoms with Crippen LogP contribution in [0.3, 0.4) is 0 Å². The second-order valence-electron chi connectivity index (χ2n) is 5.77. The Hall–Kier alpha value is -1.56. The number of carboxylic acids is 1. The SMILES string of the molecule is Cc1cc(C)c(NC(=O)NC(C)(C)CCC(=O)O)cc1Br. The van der Waals surface area contributed by atoms with Crippen LogP contribution in [0.2, 0.25) is 0 Å². The van der Waals surface area contributed by atoms with Crippen molar-refractivity contribution in [3.05, 3.63) is 27.7 Å². The van der Waals surface area contributed by atoms with E-state index in [1.165, 1.54) is 0 Å². The Labute approximate surface area is 133 Å². The third-order valence-corrected chi connectivity index (χ3v) is 4.02. The van der Waals surface area contributed by atoms with Crippen LogP contribution in [0.25, 0.3) is 0 Å². The molecule has 0 unspecified atom stereocenters. The zero-order valence-electron chi connectivity index (χ0n) is 12.7. The Bertz CT molecular complexity index is 556. The number of benzene rings is 1. The van der Waals surface area contributed by atoms with E-state index in [0.717, 1.165) is 21.3 Å². The van der Waals surface area contributed by atoms with Crippen molar-refractivity contribution in [2.75, 3.05) is 5.32 Å². The summed E-state index contributed by atoms with van der Waals surface area (Å²) >= 11 is 3.44. The molecule has 0 saturated carbocycles. The molecule has 5 nitrogen and oxygen atoms in total. The van der Waals surface area contributed by atoms with Crippen molar-refractivity contribution >= 4 is 33.6 Å². The van der Waals surface area contributed by atoms with Crippen LogP contribution in [0.1, 0.15) is 37.8 Å². The van der Waals surface area contributed by atoms with E-state index in [9.17, 15) is 9.59 Å². The fourth-order valence-corrected chi connectivity index (χ4v) is 2.25. The van der Waals surface area contributed by atoms with E-state index in [4.69, 9.17) is 5.11 Å². The number of carbonyl (C=O) groups is 2. The van der Waals surface area contributed by atoms with Crippen LogP contribution in [-0.2, 0) is 4.79 Å². The predicted octanol–water partition coefficient (Wildman–Crippen LogP) is 3.83. The number of halogens is 1.